The van der Waals surface area contributed by atoms with Crippen LogP contribution in [0.1, 0.15) is 25.1 Å². The SMILES string of the molecule is CCCn1ncc(OC)c1C(O)C1CN2CCN1CC2. The lowest BCUT2D eigenvalue weighted by molar-refractivity contribution is -0.0502. The van der Waals surface area contributed by atoms with Gasteiger partial charge in [-0.1, -0.05) is 6.92 Å². The second-order valence-electron chi connectivity index (χ2n) is 5.67. The molecular weight excluding hydrogens is 256 g/mol. The molecule has 0 aromatic carbocycles. The molecule has 1 aromatic heterocycles. The molecular formula is C14H24N4O2. The Balaban J connectivity index is 1.85. The van der Waals surface area contributed by atoms with Gasteiger partial charge in [-0.25, -0.2) is 0 Å². The molecule has 4 rings (SSSR count). The second kappa shape index (κ2) is 5.71. The molecule has 2 atom stereocenters. The van der Waals surface area contributed by atoms with E-state index >= 15 is 0 Å². The van der Waals surface area contributed by atoms with Crippen molar-refractivity contribution < 1.29 is 9.84 Å². The maximum absolute atomic E-state index is 10.9. The van der Waals surface area contributed by atoms with E-state index in [1.165, 1.54) is 0 Å². The summed E-state index contributed by atoms with van der Waals surface area (Å²) in [7, 11) is 1.64. The topological polar surface area (TPSA) is 53.8 Å². The van der Waals surface area contributed by atoms with Gasteiger partial charge >= 0.3 is 0 Å². The largest absolute Gasteiger partial charge is 0.493 e. The van der Waals surface area contributed by atoms with Crippen molar-refractivity contribution in [1.29, 1.82) is 0 Å². The van der Waals surface area contributed by atoms with Gasteiger partial charge in [0.05, 0.1) is 19.3 Å². The summed E-state index contributed by atoms with van der Waals surface area (Å²) in [6, 6.07) is 0.152. The highest BCUT2D eigenvalue weighted by Crippen LogP contribution is 2.32. The zero-order valence-corrected chi connectivity index (χ0v) is 12.3. The molecule has 0 spiro atoms. The van der Waals surface area contributed by atoms with Gasteiger partial charge < -0.3 is 9.84 Å². The molecule has 20 heavy (non-hydrogen) atoms. The van der Waals surface area contributed by atoms with Crippen molar-refractivity contribution in [3.63, 3.8) is 0 Å². The third kappa shape index (κ3) is 2.32. The van der Waals surface area contributed by atoms with Gasteiger partial charge in [-0.3, -0.25) is 14.5 Å². The van der Waals surface area contributed by atoms with Gasteiger partial charge in [0, 0.05) is 39.3 Å². The summed E-state index contributed by atoms with van der Waals surface area (Å²) < 4.78 is 7.28. The van der Waals surface area contributed by atoms with Crippen LogP contribution in [0.15, 0.2) is 6.20 Å². The number of methoxy groups -OCH3 is 1. The van der Waals surface area contributed by atoms with E-state index in [0.717, 1.165) is 51.4 Å². The normalized spacial score (nSPS) is 30.4. The van der Waals surface area contributed by atoms with Crippen molar-refractivity contribution in [3.05, 3.63) is 11.9 Å². The predicted octanol–water partition coefficient (Wildman–Crippen LogP) is 0.335. The van der Waals surface area contributed by atoms with Crippen LogP contribution in [-0.4, -0.2) is 70.6 Å². The van der Waals surface area contributed by atoms with E-state index in [4.69, 9.17) is 4.74 Å². The molecule has 112 valence electrons. The number of hydrogen-bond donors (Lipinski definition) is 1. The van der Waals surface area contributed by atoms with Gasteiger partial charge in [0.15, 0.2) is 5.75 Å². The highest BCUT2D eigenvalue weighted by atomic mass is 16.5. The van der Waals surface area contributed by atoms with Crippen LogP contribution in [0, 0.1) is 0 Å². The summed E-state index contributed by atoms with van der Waals surface area (Å²) in [5.74, 6) is 0.698. The van der Waals surface area contributed by atoms with Crippen molar-refractivity contribution in [2.75, 3.05) is 39.8 Å². The van der Waals surface area contributed by atoms with Gasteiger partial charge in [0.1, 0.15) is 11.8 Å². The van der Waals surface area contributed by atoms with Crippen LogP contribution in [0.5, 0.6) is 5.75 Å². The Labute approximate surface area is 119 Å². The van der Waals surface area contributed by atoms with Crippen molar-refractivity contribution in [3.8, 4) is 5.75 Å². The monoisotopic (exact) mass is 280 g/mol. The van der Waals surface area contributed by atoms with Crippen molar-refractivity contribution >= 4 is 0 Å². The fourth-order valence-corrected chi connectivity index (χ4v) is 3.36. The number of ether oxygens (including phenoxy) is 1. The number of hydrogen-bond acceptors (Lipinski definition) is 5. The van der Waals surface area contributed by atoms with Crippen molar-refractivity contribution in [1.82, 2.24) is 19.6 Å². The molecule has 0 radical (unpaired) electrons. The third-order valence-electron chi connectivity index (χ3n) is 4.47. The number of aromatic nitrogens is 2. The van der Waals surface area contributed by atoms with E-state index < -0.39 is 6.10 Å². The van der Waals surface area contributed by atoms with Gasteiger partial charge in [-0.15, -0.1) is 0 Å². The van der Waals surface area contributed by atoms with Gasteiger partial charge in [0.2, 0.25) is 0 Å². The average Bonchev–Trinajstić information content (AvgIpc) is 2.91. The Morgan fingerprint density at radius 2 is 2.15 bits per heavy atom. The molecule has 3 aliphatic heterocycles. The van der Waals surface area contributed by atoms with E-state index in [0.29, 0.717) is 5.75 Å². The lowest BCUT2D eigenvalue weighted by Gasteiger charge is -2.49. The maximum Gasteiger partial charge on any atom is 0.162 e. The van der Waals surface area contributed by atoms with E-state index in [1.807, 2.05) is 4.68 Å². The van der Waals surface area contributed by atoms with Crippen LogP contribution in [0.3, 0.4) is 0 Å². The predicted molar refractivity (Wildman–Crippen MR) is 75.8 cm³/mol. The zero-order chi connectivity index (χ0) is 14.1. The van der Waals surface area contributed by atoms with Crippen LogP contribution >= 0.6 is 0 Å². The number of aryl methyl sites for hydroxylation is 1. The smallest absolute Gasteiger partial charge is 0.162 e. The first-order valence-electron chi connectivity index (χ1n) is 7.48. The summed E-state index contributed by atoms with van der Waals surface area (Å²) in [5, 5.41) is 15.2. The summed E-state index contributed by atoms with van der Waals surface area (Å²) in [6.07, 6.45) is 2.16. The van der Waals surface area contributed by atoms with Gasteiger partial charge in [-0.2, -0.15) is 5.10 Å². The minimum absolute atomic E-state index is 0.152. The van der Waals surface area contributed by atoms with E-state index in [1.54, 1.807) is 13.3 Å². The van der Waals surface area contributed by atoms with Crippen LogP contribution in [0.4, 0.5) is 0 Å². The molecule has 1 aromatic rings. The van der Waals surface area contributed by atoms with Crippen molar-refractivity contribution in [2.24, 2.45) is 0 Å². The summed E-state index contributed by atoms with van der Waals surface area (Å²) >= 11 is 0. The molecule has 3 saturated heterocycles. The molecule has 3 fully saturated rings. The molecule has 0 amide bonds. The summed E-state index contributed by atoms with van der Waals surface area (Å²) in [5.41, 5.74) is 0.827. The van der Waals surface area contributed by atoms with E-state index in [9.17, 15) is 5.11 Å². The Bertz CT molecular complexity index is 454. The highest BCUT2D eigenvalue weighted by molar-refractivity contribution is 5.28. The van der Waals surface area contributed by atoms with Crippen LogP contribution < -0.4 is 4.74 Å². The lowest BCUT2D eigenvalue weighted by atomic mass is 9.99. The number of fused-ring (bicyclic) bond motifs is 3. The minimum atomic E-state index is -0.540. The van der Waals surface area contributed by atoms with Crippen LogP contribution in [-0.2, 0) is 6.54 Å². The molecule has 2 bridgehead atoms. The molecule has 1 N–H and O–H groups in total. The first-order chi connectivity index (χ1) is 9.74. The van der Waals surface area contributed by atoms with Crippen LogP contribution in [0.2, 0.25) is 0 Å². The minimum Gasteiger partial charge on any atom is -0.493 e. The Morgan fingerprint density at radius 3 is 2.70 bits per heavy atom. The van der Waals surface area contributed by atoms with Gasteiger partial charge in [-0.05, 0) is 6.42 Å². The molecule has 6 heteroatoms. The molecule has 4 heterocycles. The molecule has 2 unspecified atom stereocenters. The lowest BCUT2D eigenvalue weighted by Crippen LogP contribution is -2.62. The number of aliphatic hydroxyl groups excluding tert-OH is 1. The second-order valence-corrected chi connectivity index (χ2v) is 5.67. The van der Waals surface area contributed by atoms with Crippen LogP contribution in [0.25, 0.3) is 0 Å². The number of aliphatic hydroxyl groups is 1. The first-order valence-corrected chi connectivity index (χ1v) is 7.48. The zero-order valence-electron chi connectivity index (χ0n) is 12.3. The molecule has 0 aliphatic carbocycles. The molecule has 0 saturated carbocycles. The third-order valence-corrected chi connectivity index (χ3v) is 4.47. The molecule has 3 aliphatic rings. The standard InChI is InChI=1S/C14H24N4O2/c1-3-4-18-13(12(20-2)9-15-18)14(19)11-10-16-5-7-17(11)8-6-16/h9,11,14,19H,3-8,10H2,1-2H3. The average molecular weight is 280 g/mol. The van der Waals surface area contributed by atoms with E-state index in [-0.39, 0.29) is 6.04 Å². The number of rotatable bonds is 5. The first kappa shape index (κ1) is 13.9. The van der Waals surface area contributed by atoms with Crippen molar-refractivity contribution in [2.45, 2.75) is 32.0 Å². The summed E-state index contributed by atoms with van der Waals surface area (Å²) in [4.78, 5) is 4.83. The summed E-state index contributed by atoms with van der Waals surface area (Å²) in [6.45, 7) is 8.19. The number of piperazine rings is 3. The quantitative estimate of drug-likeness (QED) is 0.842. The maximum atomic E-state index is 10.9. The van der Waals surface area contributed by atoms with Gasteiger partial charge in [0.25, 0.3) is 0 Å². The molecule has 6 nitrogen and oxygen atoms in total. The Kier molecular flexibility index (Phi) is 3.96. The Hall–Kier alpha value is -1.11. The highest BCUT2D eigenvalue weighted by Gasteiger charge is 2.39. The number of nitrogens with zero attached hydrogens (tertiary/aromatic N) is 4. The van der Waals surface area contributed by atoms with E-state index in [2.05, 4.69) is 21.8 Å². The fraction of sp³-hybridized carbons (Fsp3) is 0.786. The fourth-order valence-electron chi connectivity index (χ4n) is 3.36. The Morgan fingerprint density at radius 1 is 1.40 bits per heavy atom.